The molecule has 0 fully saturated rings. The highest BCUT2D eigenvalue weighted by Gasteiger charge is 2.38. The lowest BCUT2D eigenvalue weighted by Crippen LogP contribution is -2.16. The van der Waals surface area contributed by atoms with E-state index in [1.165, 1.54) is 94.0 Å². The molecule has 0 radical (unpaired) electrons. The van der Waals surface area contributed by atoms with Crippen molar-refractivity contribution >= 4 is 38.6 Å². The van der Waals surface area contributed by atoms with Gasteiger partial charge in [0, 0.05) is 22.1 Å². The minimum absolute atomic E-state index is 0.135. The lowest BCUT2D eigenvalue weighted by atomic mass is 9.82. The van der Waals surface area contributed by atoms with Gasteiger partial charge in [0.2, 0.25) is 0 Å². The zero-order chi connectivity index (χ0) is 40.2. The molecule has 1 heteroatoms. The first-order chi connectivity index (χ1) is 29.5. The lowest BCUT2D eigenvalue weighted by Gasteiger charge is -2.32. The van der Waals surface area contributed by atoms with Crippen LogP contribution < -0.4 is 4.90 Å². The molecule has 0 amide bonds. The fraction of sp³-hybridized carbons (Fsp3) is 0.0508. The summed E-state index contributed by atoms with van der Waals surface area (Å²) in [6.45, 7) is 4.73. The van der Waals surface area contributed by atoms with Gasteiger partial charge in [-0.05, 0) is 102 Å². The maximum atomic E-state index is 2.52. The molecule has 0 spiro atoms. The Morgan fingerprint density at radius 2 is 0.667 bits per heavy atom. The van der Waals surface area contributed by atoms with Gasteiger partial charge < -0.3 is 4.90 Å². The first kappa shape index (κ1) is 35.7. The van der Waals surface area contributed by atoms with E-state index in [4.69, 9.17) is 0 Å². The predicted molar refractivity (Wildman–Crippen MR) is 255 cm³/mol. The standard InChI is InChI=1S/C59H43N/c1-59(2)53-21-10-7-20-52(53)58-54(59)22-13-25-57(58)60(55-23-11-8-18-50(55)44-32-26-42(27-33-44)48-36-30-40-14-3-5-16-46(40)38-48)56-24-12-9-19-51(56)45-34-28-43(29-35-45)49-37-31-41-15-4-6-17-47(41)39-49/h3-39H,1-2H3. The van der Waals surface area contributed by atoms with Crippen LogP contribution in [0.5, 0.6) is 0 Å². The first-order valence-corrected chi connectivity index (χ1v) is 20.9. The molecule has 0 N–H and O–H groups in total. The van der Waals surface area contributed by atoms with Crippen molar-refractivity contribution in [2.24, 2.45) is 0 Å². The second kappa shape index (κ2) is 14.4. The van der Waals surface area contributed by atoms with Crippen molar-refractivity contribution < 1.29 is 0 Å². The number of hydrogen-bond donors (Lipinski definition) is 0. The summed E-state index contributed by atoms with van der Waals surface area (Å²) in [4.78, 5) is 2.52. The molecule has 284 valence electrons. The van der Waals surface area contributed by atoms with Crippen molar-refractivity contribution in [2.45, 2.75) is 19.3 Å². The Kier molecular flexibility index (Phi) is 8.57. The van der Waals surface area contributed by atoms with Crippen LogP contribution in [0.15, 0.2) is 224 Å². The molecule has 1 aliphatic rings. The van der Waals surface area contributed by atoms with Gasteiger partial charge in [0.1, 0.15) is 0 Å². The summed E-state index contributed by atoms with van der Waals surface area (Å²) in [5.74, 6) is 0. The van der Waals surface area contributed by atoms with Crippen molar-refractivity contribution in [3.05, 3.63) is 236 Å². The number of rotatable bonds is 7. The van der Waals surface area contributed by atoms with E-state index >= 15 is 0 Å². The van der Waals surface area contributed by atoms with E-state index in [1.807, 2.05) is 0 Å². The van der Waals surface area contributed by atoms with Gasteiger partial charge in [0.15, 0.2) is 0 Å². The third-order valence-electron chi connectivity index (χ3n) is 12.7. The van der Waals surface area contributed by atoms with E-state index in [0.717, 1.165) is 11.4 Å². The van der Waals surface area contributed by atoms with Gasteiger partial charge in [-0.2, -0.15) is 0 Å². The highest BCUT2D eigenvalue weighted by Crippen LogP contribution is 2.55. The number of nitrogens with zero attached hydrogens (tertiary/aromatic N) is 1. The second-order valence-electron chi connectivity index (χ2n) is 16.5. The highest BCUT2D eigenvalue weighted by molar-refractivity contribution is 6.01. The molecule has 10 aromatic carbocycles. The van der Waals surface area contributed by atoms with Crippen molar-refractivity contribution in [2.75, 3.05) is 4.90 Å². The van der Waals surface area contributed by atoms with Crippen LogP contribution in [0, 0.1) is 0 Å². The molecule has 0 aliphatic heterocycles. The highest BCUT2D eigenvalue weighted by atomic mass is 15.2. The topological polar surface area (TPSA) is 3.24 Å². The Labute approximate surface area is 352 Å². The van der Waals surface area contributed by atoms with Crippen molar-refractivity contribution in [3.8, 4) is 55.6 Å². The number of hydrogen-bond acceptors (Lipinski definition) is 1. The molecule has 0 bridgehead atoms. The molecule has 11 rings (SSSR count). The van der Waals surface area contributed by atoms with Gasteiger partial charge in [-0.1, -0.05) is 208 Å². The summed E-state index contributed by atoms with van der Waals surface area (Å²) in [5.41, 5.74) is 18.1. The summed E-state index contributed by atoms with van der Waals surface area (Å²) in [5, 5.41) is 5.02. The molecular weight excluding hydrogens is 723 g/mol. The maximum Gasteiger partial charge on any atom is 0.0543 e. The lowest BCUT2D eigenvalue weighted by molar-refractivity contribution is 0.660. The van der Waals surface area contributed by atoms with Gasteiger partial charge in [0.05, 0.1) is 17.1 Å². The minimum atomic E-state index is -0.135. The third kappa shape index (κ3) is 6.01. The van der Waals surface area contributed by atoms with Crippen LogP contribution in [0.3, 0.4) is 0 Å². The summed E-state index contributed by atoms with van der Waals surface area (Å²) >= 11 is 0. The van der Waals surface area contributed by atoms with E-state index in [0.29, 0.717) is 0 Å². The quantitative estimate of drug-likeness (QED) is 0.156. The Morgan fingerprint density at radius 3 is 1.20 bits per heavy atom. The molecule has 0 atom stereocenters. The Morgan fingerprint density at radius 1 is 0.283 bits per heavy atom. The zero-order valence-electron chi connectivity index (χ0n) is 33.8. The fourth-order valence-electron chi connectivity index (χ4n) is 9.56. The van der Waals surface area contributed by atoms with Crippen molar-refractivity contribution in [1.82, 2.24) is 0 Å². The van der Waals surface area contributed by atoms with Crippen LogP contribution in [0.2, 0.25) is 0 Å². The SMILES string of the molecule is CC1(C)c2ccccc2-c2c(N(c3ccccc3-c3ccc(-c4ccc5ccccc5c4)cc3)c3ccccc3-c3ccc(-c4ccc5ccccc5c4)cc3)cccc21. The number of benzene rings is 10. The van der Waals surface area contributed by atoms with Crippen LogP contribution in [-0.2, 0) is 5.41 Å². The van der Waals surface area contributed by atoms with Crippen LogP contribution in [-0.4, -0.2) is 0 Å². The third-order valence-corrected chi connectivity index (χ3v) is 12.7. The summed E-state index contributed by atoms with van der Waals surface area (Å²) in [6.07, 6.45) is 0. The molecule has 0 aromatic heterocycles. The van der Waals surface area contributed by atoms with Gasteiger partial charge in [-0.25, -0.2) is 0 Å². The molecule has 0 saturated carbocycles. The van der Waals surface area contributed by atoms with E-state index in [9.17, 15) is 0 Å². The van der Waals surface area contributed by atoms with E-state index in [2.05, 4.69) is 243 Å². The molecular formula is C59H43N. The Bertz CT molecular complexity index is 3060. The molecule has 0 heterocycles. The molecule has 0 saturated heterocycles. The molecule has 60 heavy (non-hydrogen) atoms. The monoisotopic (exact) mass is 765 g/mol. The number of anilines is 3. The van der Waals surface area contributed by atoms with E-state index in [1.54, 1.807) is 0 Å². The average molecular weight is 766 g/mol. The van der Waals surface area contributed by atoms with Gasteiger partial charge >= 0.3 is 0 Å². The smallest absolute Gasteiger partial charge is 0.0543 e. The normalized spacial score (nSPS) is 12.6. The number of para-hydroxylation sites is 2. The van der Waals surface area contributed by atoms with Gasteiger partial charge in [-0.3, -0.25) is 0 Å². The van der Waals surface area contributed by atoms with Crippen LogP contribution in [0.1, 0.15) is 25.0 Å². The average Bonchev–Trinajstić information content (AvgIpc) is 3.55. The largest absolute Gasteiger partial charge is 0.309 e. The second-order valence-corrected chi connectivity index (χ2v) is 16.5. The summed E-state index contributed by atoms with van der Waals surface area (Å²) < 4.78 is 0. The van der Waals surface area contributed by atoms with Gasteiger partial charge in [0.25, 0.3) is 0 Å². The van der Waals surface area contributed by atoms with Crippen molar-refractivity contribution in [3.63, 3.8) is 0 Å². The van der Waals surface area contributed by atoms with Crippen LogP contribution >= 0.6 is 0 Å². The first-order valence-electron chi connectivity index (χ1n) is 20.9. The maximum absolute atomic E-state index is 2.52. The van der Waals surface area contributed by atoms with E-state index in [-0.39, 0.29) is 5.41 Å². The molecule has 1 aliphatic carbocycles. The van der Waals surface area contributed by atoms with Gasteiger partial charge in [-0.15, -0.1) is 0 Å². The molecule has 0 unspecified atom stereocenters. The van der Waals surface area contributed by atoms with Crippen LogP contribution in [0.4, 0.5) is 17.1 Å². The zero-order valence-corrected chi connectivity index (χ0v) is 33.8. The summed E-state index contributed by atoms with van der Waals surface area (Å²) in [6, 6.07) is 82.5. The fourth-order valence-corrected chi connectivity index (χ4v) is 9.56. The Balaban J connectivity index is 1.07. The Hall–Kier alpha value is -7.48. The van der Waals surface area contributed by atoms with Crippen LogP contribution in [0.25, 0.3) is 77.2 Å². The molecule has 10 aromatic rings. The van der Waals surface area contributed by atoms with Crippen molar-refractivity contribution in [1.29, 1.82) is 0 Å². The number of fused-ring (bicyclic) bond motifs is 5. The molecule has 1 nitrogen and oxygen atoms in total. The van der Waals surface area contributed by atoms with E-state index < -0.39 is 0 Å². The predicted octanol–water partition coefficient (Wildman–Crippen LogP) is 16.4. The minimum Gasteiger partial charge on any atom is -0.309 e. The summed E-state index contributed by atoms with van der Waals surface area (Å²) in [7, 11) is 0.